The minimum absolute atomic E-state index is 0.0448. The molecule has 0 bridgehead atoms. The van der Waals surface area contributed by atoms with E-state index in [0.717, 1.165) is 4.31 Å². The molecule has 3 N–H and O–H groups in total. The Hall–Kier alpha value is -1.67. The molecule has 0 radical (unpaired) electrons. The van der Waals surface area contributed by atoms with Crippen LogP contribution in [0.15, 0.2) is 22.2 Å². The van der Waals surface area contributed by atoms with Crippen molar-refractivity contribution in [2.75, 3.05) is 6.54 Å². The maximum Gasteiger partial charge on any atom is 0.244 e. The molecule has 8 heteroatoms. The summed E-state index contributed by atoms with van der Waals surface area (Å²) in [6.45, 7) is 6.18. The molecule has 6 nitrogen and oxygen atoms in total. The molecule has 0 saturated carbocycles. The second-order valence-corrected chi connectivity index (χ2v) is 6.93. The predicted molar refractivity (Wildman–Crippen MR) is 78.3 cm³/mol. The van der Waals surface area contributed by atoms with Gasteiger partial charge in [-0.2, -0.15) is 4.31 Å². The van der Waals surface area contributed by atoms with Gasteiger partial charge in [0.25, 0.3) is 0 Å². The average Bonchev–Trinajstić information content (AvgIpc) is 2.33. The van der Waals surface area contributed by atoms with Gasteiger partial charge in [0.05, 0.1) is 11.4 Å². The number of hydrogen-bond donors (Lipinski definition) is 2. The number of oxime groups is 1. The van der Waals surface area contributed by atoms with Crippen molar-refractivity contribution in [3.8, 4) is 0 Å². The molecule has 0 aliphatic rings. The Kier molecular flexibility index (Phi) is 5.30. The first-order chi connectivity index (χ1) is 9.61. The third-order valence-corrected chi connectivity index (χ3v) is 5.34. The molecular weight excluding hydrogens is 297 g/mol. The smallest absolute Gasteiger partial charge is 0.244 e. The van der Waals surface area contributed by atoms with E-state index in [1.807, 2.05) is 0 Å². The van der Waals surface area contributed by atoms with Crippen molar-refractivity contribution in [3.05, 3.63) is 29.1 Å². The summed E-state index contributed by atoms with van der Waals surface area (Å²) in [5, 5.41) is 11.4. The lowest BCUT2D eigenvalue weighted by Crippen LogP contribution is -2.43. The van der Waals surface area contributed by atoms with E-state index in [9.17, 15) is 12.8 Å². The lowest BCUT2D eigenvalue weighted by Gasteiger charge is -2.26. The third kappa shape index (κ3) is 3.70. The second kappa shape index (κ2) is 6.40. The van der Waals surface area contributed by atoms with Crippen LogP contribution in [0.4, 0.5) is 4.39 Å². The minimum atomic E-state index is -3.89. The van der Waals surface area contributed by atoms with Crippen molar-refractivity contribution in [1.29, 1.82) is 0 Å². The molecule has 1 rings (SSSR count). The zero-order valence-electron chi connectivity index (χ0n) is 12.5. The summed E-state index contributed by atoms with van der Waals surface area (Å²) in [5.74, 6) is -0.707. The number of aryl methyl sites for hydroxylation is 2. The molecule has 0 unspecified atom stereocenters. The summed E-state index contributed by atoms with van der Waals surface area (Å²) in [5.41, 5.74) is 6.06. The van der Waals surface area contributed by atoms with Crippen LogP contribution in [0.1, 0.15) is 25.0 Å². The number of nitrogens with zero attached hydrogens (tertiary/aromatic N) is 2. The summed E-state index contributed by atoms with van der Waals surface area (Å²) in [7, 11) is -3.89. The molecule has 0 saturated heterocycles. The zero-order chi connectivity index (χ0) is 16.4. The normalized spacial score (nSPS) is 13.2. The molecule has 0 fully saturated rings. The molecular formula is C13H20FN3O3S. The van der Waals surface area contributed by atoms with E-state index < -0.39 is 21.9 Å². The summed E-state index contributed by atoms with van der Waals surface area (Å²) in [6.07, 6.45) is 0. The molecule has 1 aromatic carbocycles. The van der Waals surface area contributed by atoms with E-state index in [2.05, 4.69) is 5.16 Å². The Morgan fingerprint density at radius 3 is 2.24 bits per heavy atom. The Morgan fingerprint density at radius 2 is 1.86 bits per heavy atom. The van der Waals surface area contributed by atoms with Crippen LogP contribution in [0.3, 0.4) is 0 Å². The lowest BCUT2D eigenvalue weighted by molar-refractivity contribution is 0.312. The highest BCUT2D eigenvalue weighted by atomic mass is 32.2. The molecule has 0 aromatic heterocycles. The van der Waals surface area contributed by atoms with Gasteiger partial charge in [-0.25, -0.2) is 12.8 Å². The van der Waals surface area contributed by atoms with Gasteiger partial charge in [-0.1, -0.05) is 5.16 Å². The molecule has 0 spiro atoms. The number of rotatable bonds is 5. The molecule has 118 valence electrons. The lowest BCUT2D eigenvalue weighted by atomic mass is 10.1. The van der Waals surface area contributed by atoms with Crippen LogP contribution in [0.2, 0.25) is 0 Å². The van der Waals surface area contributed by atoms with E-state index in [-0.39, 0.29) is 17.3 Å². The summed E-state index contributed by atoms with van der Waals surface area (Å²) in [4.78, 5) is 0.0448. The topological polar surface area (TPSA) is 96.0 Å². The number of benzene rings is 1. The fourth-order valence-electron chi connectivity index (χ4n) is 2.16. The molecule has 0 aliphatic carbocycles. The SMILES string of the molecule is Cc1cc(F)cc(C)c1S(=O)(=O)N(CC(N)=NO)C(C)C. The Balaban J connectivity index is 3.44. The molecule has 0 heterocycles. The van der Waals surface area contributed by atoms with E-state index in [0.29, 0.717) is 11.1 Å². The molecule has 0 atom stereocenters. The third-order valence-electron chi connectivity index (χ3n) is 3.01. The van der Waals surface area contributed by atoms with Gasteiger partial charge in [0.15, 0.2) is 5.84 Å². The van der Waals surface area contributed by atoms with Gasteiger partial charge in [0.1, 0.15) is 5.82 Å². The van der Waals surface area contributed by atoms with Crippen LogP contribution in [0, 0.1) is 19.7 Å². The summed E-state index contributed by atoms with van der Waals surface area (Å²) >= 11 is 0. The predicted octanol–water partition coefficient (Wildman–Crippen LogP) is 1.59. The van der Waals surface area contributed by atoms with Gasteiger partial charge in [-0.15, -0.1) is 0 Å². The van der Waals surface area contributed by atoms with E-state index >= 15 is 0 Å². The number of nitrogens with two attached hydrogens (primary N) is 1. The minimum Gasteiger partial charge on any atom is -0.409 e. The maximum atomic E-state index is 13.3. The van der Waals surface area contributed by atoms with Crippen LogP contribution < -0.4 is 5.73 Å². The van der Waals surface area contributed by atoms with Gasteiger partial charge < -0.3 is 10.9 Å². The highest BCUT2D eigenvalue weighted by molar-refractivity contribution is 7.89. The second-order valence-electron chi connectivity index (χ2n) is 5.10. The van der Waals surface area contributed by atoms with Gasteiger partial charge >= 0.3 is 0 Å². The molecule has 0 amide bonds. The van der Waals surface area contributed by atoms with E-state index in [1.54, 1.807) is 13.8 Å². The van der Waals surface area contributed by atoms with Crippen LogP contribution in [0.5, 0.6) is 0 Å². The number of amidine groups is 1. The first-order valence-electron chi connectivity index (χ1n) is 6.36. The van der Waals surface area contributed by atoms with E-state index in [1.165, 1.54) is 26.0 Å². The van der Waals surface area contributed by atoms with Crippen molar-refractivity contribution in [2.45, 2.75) is 38.6 Å². The van der Waals surface area contributed by atoms with Crippen molar-refractivity contribution < 1.29 is 18.0 Å². The van der Waals surface area contributed by atoms with Crippen LogP contribution in [-0.4, -0.2) is 36.4 Å². The van der Waals surface area contributed by atoms with Crippen molar-refractivity contribution in [2.24, 2.45) is 10.9 Å². The van der Waals surface area contributed by atoms with E-state index in [4.69, 9.17) is 10.9 Å². The highest BCUT2D eigenvalue weighted by Gasteiger charge is 2.30. The molecule has 21 heavy (non-hydrogen) atoms. The van der Waals surface area contributed by atoms with Crippen molar-refractivity contribution in [1.82, 2.24) is 4.31 Å². The highest BCUT2D eigenvalue weighted by Crippen LogP contribution is 2.26. The largest absolute Gasteiger partial charge is 0.409 e. The fourth-order valence-corrected chi connectivity index (χ4v) is 4.18. The zero-order valence-corrected chi connectivity index (χ0v) is 13.3. The maximum absolute atomic E-state index is 13.3. The monoisotopic (exact) mass is 317 g/mol. The van der Waals surface area contributed by atoms with Crippen LogP contribution >= 0.6 is 0 Å². The van der Waals surface area contributed by atoms with Gasteiger partial charge in [-0.3, -0.25) is 0 Å². The quantitative estimate of drug-likeness (QED) is 0.373. The van der Waals surface area contributed by atoms with Crippen molar-refractivity contribution in [3.63, 3.8) is 0 Å². The summed E-state index contributed by atoms with van der Waals surface area (Å²) < 4.78 is 40.0. The Labute approximate surface area is 124 Å². The van der Waals surface area contributed by atoms with Gasteiger partial charge in [0.2, 0.25) is 10.0 Å². The van der Waals surface area contributed by atoms with Crippen LogP contribution in [0.25, 0.3) is 0 Å². The Bertz CT molecular complexity index is 634. The number of halogens is 1. The molecule has 1 aromatic rings. The standard InChI is InChI=1S/C13H20FN3O3S/c1-8(2)17(7-12(15)16-18)21(19,20)13-9(3)5-11(14)6-10(13)4/h5-6,8,18H,7H2,1-4H3,(H2,15,16). The Morgan fingerprint density at radius 1 is 1.38 bits per heavy atom. The first kappa shape index (κ1) is 17.4. The van der Waals surface area contributed by atoms with Crippen LogP contribution in [-0.2, 0) is 10.0 Å². The summed E-state index contributed by atoms with van der Waals surface area (Å²) in [6, 6.07) is 1.93. The first-order valence-corrected chi connectivity index (χ1v) is 7.80. The average molecular weight is 317 g/mol. The van der Waals surface area contributed by atoms with Crippen molar-refractivity contribution >= 4 is 15.9 Å². The number of hydrogen-bond acceptors (Lipinski definition) is 4. The molecule has 0 aliphatic heterocycles. The fraction of sp³-hybridized carbons (Fsp3) is 0.462. The van der Waals surface area contributed by atoms with Gasteiger partial charge in [0, 0.05) is 6.04 Å². The van der Waals surface area contributed by atoms with Gasteiger partial charge in [-0.05, 0) is 51.0 Å². The number of sulfonamides is 1.